The van der Waals surface area contributed by atoms with Crippen LogP contribution in [0, 0.1) is 34.3 Å². The maximum Gasteiger partial charge on any atom is 0.573 e. The zero-order valence-corrected chi connectivity index (χ0v) is 29.1. The number of alkyl halides is 3. The lowest BCUT2D eigenvalue weighted by molar-refractivity contribution is -0.274. The van der Waals surface area contributed by atoms with Gasteiger partial charge < -0.3 is 28.4 Å². The van der Waals surface area contributed by atoms with Crippen molar-refractivity contribution < 1.29 is 60.0 Å². The Hall–Kier alpha value is -6.98. The lowest BCUT2D eigenvalue weighted by Gasteiger charge is -2.14. The molecule has 0 aliphatic carbocycles. The molecule has 12 nitrogen and oxygen atoms in total. The molecule has 0 radical (unpaired) electrons. The Morgan fingerprint density at radius 3 is 1.60 bits per heavy atom. The number of rotatable bonds is 11. The number of hydrogen-bond acceptors (Lipinski definition) is 12. The van der Waals surface area contributed by atoms with Crippen LogP contribution in [-0.4, -0.2) is 41.5 Å². The summed E-state index contributed by atoms with van der Waals surface area (Å²) in [6.45, 7) is 3.26. The van der Waals surface area contributed by atoms with Gasteiger partial charge in [-0.3, -0.25) is 0 Å². The van der Waals surface area contributed by atoms with Crippen LogP contribution in [0.4, 0.5) is 22.0 Å². The summed E-state index contributed by atoms with van der Waals surface area (Å²) in [7, 11) is 0. The Balaban J connectivity index is 0.000000265. The molecule has 0 saturated carbocycles. The van der Waals surface area contributed by atoms with E-state index in [1.54, 1.807) is 6.92 Å². The molecule has 0 spiro atoms. The maximum absolute atomic E-state index is 14.6. The van der Waals surface area contributed by atoms with Crippen LogP contribution >= 0.6 is 11.6 Å². The van der Waals surface area contributed by atoms with Crippen LogP contribution in [-0.2, 0) is 9.47 Å². The second kappa shape index (κ2) is 18.7. The van der Waals surface area contributed by atoms with E-state index < -0.39 is 53.0 Å². The Bertz CT molecular complexity index is 2240. The maximum atomic E-state index is 14.6. The highest BCUT2D eigenvalue weighted by Gasteiger charge is 2.31. The fourth-order valence-corrected chi connectivity index (χ4v) is 4.31. The zero-order chi connectivity index (χ0) is 40.1. The van der Waals surface area contributed by atoms with E-state index in [0.29, 0.717) is 11.1 Å². The summed E-state index contributed by atoms with van der Waals surface area (Å²) in [6, 6.07) is 21.7. The third kappa shape index (κ3) is 11.8. The lowest BCUT2D eigenvalue weighted by Crippen LogP contribution is -2.17. The van der Waals surface area contributed by atoms with Gasteiger partial charge in [0.15, 0.2) is 11.6 Å². The Morgan fingerprint density at radius 2 is 1.11 bits per heavy atom. The molecular formula is C37H24ClF5N4O8. The minimum atomic E-state index is -4.93. The van der Waals surface area contributed by atoms with Crippen molar-refractivity contribution in [2.75, 3.05) is 13.2 Å². The first-order valence-electron chi connectivity index (χ1n) is 15.5. The van der Waals surface area contributed by atoms with Crippen molar-refractivity contribution in [1.82, 2.24) is 9.97 Å². The topological polar surface area (TPSA) is 163 Å². The quantitative estimate of drug-likeness (QED) is 0.0709. The number of ether oxygens (including phenoxy) is 6. The van der Waals surface area contributed by atoms with Crippen LogP contribution in [0.25, 0.3) is 0 Å². The summed E-state index contributed by atoms with van der Waals surface area (Å²) in [4.78, 5) is 31.4. The SMILES string of the molecule is CCOC(=O)c1cc(F)c(Oc2ccc(C#N)cc2)nc1Cl.CCOC(=O)c1cc(F)c(Oc2ccc(C#N)cc2)nc1Oc1cccc(OC(F)(F)F)c1. The summed E-state index contributed by atoms with van der Waals surface area (Å²) in [5.41, 5.74) is 0.201. The molecule has 5 aromatic rings. The van der Waals surface area contributed by atoms with Gasteiger partial charge in [-0.25, -0.2) is 18.4 Å². The van der Waals surface area contributed by atoms with Gasteiger partial charge in [-0.15, -0.1) is 13.2 Å². The first kappa shape index (κ1) is 40.8. The number of carbonyl (C=O) groups is 2. The van der Waals surface area contributed by atoms with Crippen molar-refractivity contribution in [1.29, 1.82) is 10.5 Å². The number of carbonyl (C=O) groups excluding carboxylic acids is 2. The van der Waals surface area contributed by atoms with E-state index in [9.17, 15) is 31.5 Å². The van der Waals surface area contributed by atoms with Crippen molar-refractivity contribution in [2.45, 2.75) is 20.2 Å². The van der Waals surface area contributed by atoms with Crippen molar-refractivity contribution in [2.24, 2.45) is 0 Å². The highest BCUT2D eigenvalue weighted by molar-refractivity contribution is 6.32. The molecule has 282 valence electrons. The van der Waals surface area contributed by atoms with Gasteiger partial charge in [0.05, 0.1) is 36.5 Å². The molecule has 0 N–H and O–H groups in total. The summed E-state index contributed by atoms with van der Waals surface area (Å²) >= 11 is 5.84. The van der Waals surface area contributed by atoms with Gasteiger partial charge in [-0.2, -0.15) is 20.5 Å². The van der Waals surface area contributed by atoms with Crippen molar-refractivity contribution >= 4 is 23.5 Å². The number of pyridine rings is 2. The largest absolute Gasteiger partial charge is 0.573 e. The standard InChI is InChI=1S/C22H14F4N2O5.C15H10ClFN2O3/c1-2-30-21(29)17-11-18(23)20(31-14-8-6-13(12-27)7-9-14)28-19(17)32-15-4-3-5-16(10-15)33-22(24,25)26;1-2-21-15(20)11-7-12(17)14(19-13(11)16)22-10-5-3-9(8-18)4-6-10/h3-11H,2H2,1H3;3-7H,2H2,1H3. The molecule has 0 aliphatic heterocycles. The van der Waals surface area contributed by atoms with E-state index in [1.807, 2.05) is 12.1 Å². The highest BCUT2D eigenvalue weighted by atomic mass is 35.5. The average Bonchev–Trinajstić information content (AvgIpc) is 3.14. The third-order valence-corrected chi connectivity index (χ3v) is 6.73. The predicted octanol–water partition coefficient (Wildman–Crippen LogP) is 9.47. The third-order valence-electron chi connectivity index (χ3n) is 6.45. The van der Waals surface area contributed by atoms with Gasteiger partial charge in [0.1, 0.15) is 39.3 Å². The fourth-order valence-electron chi connectivity index (χ4n) is 4.10. The van der Waals surface area contributed by atoms with E-state index in [0.717, 1.165) is 24.3 Å². The van der Waals surface area contributed by atoms with Crippen LogP contribution in [0.5, 0.6) is 40.6 Å². The molecule has 2 heterocycles. The van der Waals surface area contributed by atoms with E-state index >= 15 is 0 Å². The van der Waals surface area contributed by atoms with Crippen LogP contribution in [0.2, 0.25) is 5.15 Å². The second-order valence-electron chi connectivity index (χ2n) is 10.3. The molecule has 0 aliphatic rings. The van der Waals surface area contributed by atoms with Gasteiger partial charge in [0.25, 0.3) is 11.8 Å². The minimum Gasteiger partial charge on any atom is -0.462 e. The summed E-state index contributed by atoms with van der Waals surface area (Å²) in [6.07, 6.45) is -4.93. The number of benzene rings is 3. The number of esters is 2. The van der Waals surface area contributed by atoms with E-state index in [4.69, 9.17) is 45.8 Å². The lowest BCUT2D eigenvalue weighted by atomic mass is 10.2. The zero-order valence-electron chi connectivity index (χ0n) is 28.3. The molecule has 0 saturated heterocycles. The van der Waals surface area contributed by atoms with Crippen molar-refractivity contribution in [3.05, 3.63) is 124 Å². The Kier molecular flexibility index (Phi) is 13.8. The molecule has 0 amide bonds. The van der Waals surface area contributed by atoms with Gasteiger partial charge in [0, 0.05) is 6.07 Å². The number of nitrogens with zero attached hydrogens (tertiary/aromatic N) is 4. The molecule has 2 aromatic heterocycles. The monoisotopic (exact) mass is 782 g/mol. The molecule has 0 bridgehead atoms. The van der Waals surface area contributed by atoms with Crippen molar-refractivity contribution in [3.8, 4) is 52.8 Å². The number of halogens is 6. The van der Waals surface area contributed by atoms with Gasteiger partial charge in [0.2, 0.25) is 5.88 Å². The molecule has 0 fully saturated rings. The van der Waals surface area contributed by atoms with E-state index in [2.05, 4.69) is 14.7 Å². The predicted molar refractivity (Wildman–Crippen MR) is 181 cm³/mol. The summed E-state index contributed by atoms with van der Waals surface area (Å²) < 4.78 is 95.6. The molecule has 0 atom stereocenters. The Morgan fingerprint density at radius 1 is 0.655 bits per heavy atom. The minimum absolute atomic E-state index is 0.0295. The van der Waals surface area contributed by atoms with E-state index in [-0.39, 0.29) is 47.1 Å². The number of aromatic nitrogens is 2. The van der Waals surface area contributed by atoms with E-state index in [1.165, 1.54) is 67.6 Å². The first-order valence-corrected chi connectivity index (χ1v) is 15.9. The summed E-state index contributed by atoms with van der Waals surface area (Å²) in [5.74, 6) is -5.35. The van der Waals surface area contributed by atoms with Crippen LogP contribution in [0.15, 0.2) is 84.9 Å². The van der Waals surface area contributed by atoms with Crippen molar-refractivity contribution in [3.63, 3.8) is 0 Å². The Labute approximate surface area is 313 Å². The van der Waals surface area contributed by atoms with Crippen LogP contribution < -0.4 is 18.9 Å². The normalized spacial score (nSPS) is 10.4. The fraction of sp³-hybridized carbons (Fsp3) is 0.135. The number of hydrogen-bond donors (Lipinski definition) is 0. The molecule has 5 rings (SSSR count). The average molecular weight is 783 g/mol. The number of nitriles is 2. The molecular weight excluding hydrogens is 759 g/mol. The molecule has 3 aromatic carbocycles. The van der Waals surface area contributed by atoms with Crippen LogP contribution in [0.3, 0.4) is 0 Å². The first-order chi connectivity index (χ1) is 26.2. The van der Waals surface area contributed by atoms with Gasteiger partial charge in [-0.05, 0) is 86.6 Å². The second-order valence-corrected chi connectivity index (χ2v) is 10.6. The highest BCUT2D eigenvalue weighted by Crippen LogP contribution is 2.34. The molecule has 18 heteroatoms. The molecule has 55 heavy (non-hydrogen) atoms. The smallest absolute Gasteiger partial charge is 0.462 e. The van der Waals surface area contributed by atoms with Gasteiger partial charge in [-0.1, -0.05) is 17.7 Å². The summed E-state index contributed by atoms with van der Waals surface area (Å²) in [5, 5.41) is 17.3. The van der Waals surface area contributed by atoms with Gasteiger partial charge >= 0.3 is 18.3 Å². The molecule has 0 unspecified atom stereocenters. The van der Waals surface area contributed by atoms with Crippen LogP contribution in [0.1, 0.15) is 45.7 Å².